The molecule has 0 saturated carbocycles. The van der Waals surface area contributed by atoms with Gasteiger partial charge in [0.2, 0.25) is 0 Å². The van der Waals surface area contributed by atoms with E-state index in [4.69, 9.17) is 4.74 Å². The minimum atomic E-state index is -0.477. The Balaban J connectivity index is 0.000000441. The van der Waals surface area contributed by atoms with Crippen molar-refractivity contribution >= 4 is 11.9 Å². The Morgan fingerprint density at radius 1 is 1.20 bits per heavy atom. The Bertz CT molecular complexity index is 475. The molecule has 1 aromatic rings. The van der Waals surface area contributed by atoms with E-state index in [2.05, 4.69) is 24.5 Å². The SMILES string of the molecule is C=C(C)C(=O)OCc1ccccc1.C=COC(=O)C=C. The number of carbonyl (C=O) groups excluding carboxylic acids is 2. The maximum absolute atomic E-state index is 11.0. The lowest BCUT2D eigenvalue weighted by Crippen LogP contribution is -2.04. The Labute approximate surface area is 119 Å². The van der Waals surface area contributed by atoms with Crippen LogP contribution < -0.4 is 0 Å². The van der Waals surface area contributed by atoms with Crippen molar-refractivity contribution in [3.05, 3.63) is 73.5 Å². The minimum absolute atomic E-state index is 0.312. The van der Waals surface area contributed by atoms with Crippen molar-refractivity contribution in [2.45, 2.75) is 13.5 Å². The molecule has 106 valence electrons. The number of hydrogen-bond donors (Lipinski definition) is 0. The van der Waals surface area contributed by atoms with Gasteiger partial charge in [-0.1, -0.05) is 50.1 Å². The lowest BCUT2D eigenvalue weighted by atomic mass is 10.2. The van der Waals surface area contributed by atoms with Gasteiger partial charge >= 0.3 is 11.9 Å². The molecular weight excluding hydrogens is 256 g/mol. The second-order valence-corrected chi connectivity index (χ2v) is 3.65. The van der Waals surface area contributed by atoms with Crippen molar-refractivity contribution in [2.75, 3.05) is 0 Å². The average molecular weight is 274 g/mol. The quantitative estimate of drug-likeness (QED) is 0.470. The maximum Gasteiger partial charge on any atom is 0.334 e. The first-order valence-corrected chi connectivity index (χ1v) is 5.81. The van der Waals surface area contributed by atoms with Crippen LogP contribution in [0.3, 0.4) is 0 Å². The summed E-state index contributed by atoms with van der Waals surface area (Å²) in [7, 11) is 0. The first-order valence-electron chi connectivity index (χ1n) is 5.81. The van der Waals surface area contributed by atoms with E-state index in [1.807, 2.05) is 30.3 Å². The van der Waals surface area contributed by atoms with Crippen LogP contribution in [0.2, 0.25) is 0 Å². The molecule has 0 aliphatic heterocycles. The van der Waals surface area contributed by atoms with Gasteiger partial charge in [-0.05, 0) is 12.5 Å². The molecule has 0 atom stereocenters. The number of esters is 2. The molecule has 0 aromatic heterocycles. The molecule has 0 fully saturated rings. The predicted molar refractivity (Wildman–Crippen MR) is 77.5 cm³/mol. The van der Waals surface area contributed by atoms with E-state index in [1.165, 1.54) is 0 Å². The van der Waals surface area contributed by atoms with Crippen LogP contribution in [0.25, 0.3) is 0 Å². The van der Waals surface area contributed by atoms with E-state index in [-0.39, 0.29) is 5.97 Å². The van der Waals surface area contributed by atoms with E-state index in [1.54, 1.807) is 6.92 Å². The summed E-state index contributed by atoms with van der Waals surface area (Å²) in [5, 5.41) is 0. The summed E-state index contributed by atoms with van der Waals surface area (Å²) in [5.74, 6) is -0.821. The zero-order valence-corrected chi connectivity index (χ0v) is 11.5. The molecule has 0 amide bonds. The van der Waals surface area contributed by atoms with Crippen molar-refractivity contribution in [1.82, 2.24) is 0 Å². The summed E-state index contributed by atoms with van der Waals surface area (Å²) in [5.41, 5.74) is 1.41. The Morgan fingerprint density at radius 2 is 1.80 bits per heavy atom. The third-order valence-corrected chi connectivity index (χ3v) is 1.93. The van der Waals surface area contributed by atoms with Gasteiger partial charge in [0.1, 0.15) is 6.61 Å². The summed E-state index contributed by atoms with van der Waals surface area (Å²) in [6, 6.07) is 9.55. The third kappa shape index (κ3) is 8.47. The van der Waals surface area contributed by atoms with Gasteiger partial charge in [0.25, 0.3) is 0 Å². The topological polar surface area (TPSA) is 52.6 Å². The van der Waals surface area contributed by atoms with Gasteiger partial charge in [-0.25, -0.2) is 9.59 Å². The van der Waals surface area contributed by atoms with Crippen molar-refractivity contribution in [1.29, 1.82) is 0 Å². The second kappa shape index (κ2) is 10.3. The van der Waals surface area contributed by atoms with Crippen LogP contribution in [0.1, 0.15) is 12.5 Å². The summed E-state index contributed by atoms with van der Waals surface area (Å²) >= 11 is 0. The highest BCUT2D eigenvalue weighted by molar-refractivity contribution is 5.86. The van der Waals surface area contributed by atoms with E-state index < -0.39 is 5.97 Å². The zero-order chi connectivity index (χ0) is 15.4. The third-order valence-electron chi connectivity index (χ3n) is 1.93. The molecule has 1 rings (SSSR count). The predicted octanol–water partition coefficient (Wildman–Crippen LogP) is 3.17. The van der Waals surface area contributed by atoms with Crippen molar-refractivity contribution < 1.29 is 19.1 Å². The number of benzene rings is 1. The molecule has 0 heterocycles. The Kier molecular flexibility index (Phi) is 8.96. The summed E-state index contributed by atoms with van der Waals surface area (Å²) in [4.78, 5) is 21.0. The standard InChI is InChI=1S/C11H12O2.C5H6O2/c1-9(2)11(12)13-8-10-6-4-3-5-7-10;1-3-5(6)7-4-2/h3-7H,1,8H2,2H3;3-4H,1-2H2. The molecule has 4 heteroatoms. The fraction of sp³-hybridized carbons (Fsp3) is 0.125. The molecule has 0 saturated heterocycles. The van der Waals surface area contributed by atoms with E-state index in [0.717, 1.165) is 17.9 Å². The second-order valence-electron chi connectivity index (χ2n) is 3.65. The maximum atomic E-state index is 11.0. The number of hydrogen-bond acceptors (Lipinski definition) is 4. The normalized spacial score (nSPS) is 8.45. The van der Waals surface area contributed by atoms with Crippen molar-refractivity contribution in [3.8, 4) is 0 Å². The van der Waals surface area contributed by atoms with Gasteiger partial charge in [0.05, 0.1) is 6.26 Å². The molecule has 0 N–H and O–H groups in total. The number of ether oxygens (including phenoxy) is 2. The molecular formula is C16H18O4. The largest absolute Gasteiger partial charge is 0.457 e. The molecule has 0 unspecified atom stereocenters. The highest BCUT2D eigenvalue weighted by atomic mass is 16.5. The van der Waals surface area contributed by atoms with Gasteiger partial charge < -0.3 is 9.47 Å². The average Bonchev–Trinajstić information content (AvgIpc) is 2.46. The van der Waals surface area contributed by atoms with Gasteiger partial charge in [-0.3, -0.25) is 0 Å². The highest BCUT2D eigenvalue weighted by Gasteiger charge is 2.02. The van der Waals surface area contributed by atoms with Crippen LogP contribution in [0, 0.1) is 0 Å². The van der Waals surface area contributed by atoms with Crippen molar-refractivity contribution in [3.63, 3.8) is 0 Å². The lowest BCUT2D eigenvalue weighted by molar-refractivity contribution is -0.140. The van der Waals surface area contributed by atoms with E-state index in [0.29, 0.717) is 12.2 Å². The molecule has 0 spiro atoms. The Morgan fingerprint density at radius 3 is 2.20 bits per heavy atom. The summed E-state index contributed by atoms with van der Waals surface area (Å²) < 4.78 is 9.15. The fourth-order valence-electron chi connectivity index (χ4n) is 0.977. The molecule has 0 aliphatic rings. The molecule has 1 aromatic carbocycles. The van der Waals surface area contributed by atoms with E-state index in [9.17, 15) is 9.59 Å². The van der Waals surface area contributed by atoms with Gasteiger partial charge in [0.15, 0.2) is 0 Å². The lowest BCUT2D eigenvalue weighted by Gasteiger charge is -2.03. The minimum Gasteiger partial charge on any atom is -0.457 e. The fourth-order valence-corrected chi connectivity index (χ4v) is 0.977. The number of rotatable bonds is 5. The monoisotopic (exact) mass is 274 g/mol. The zero-order valence-electron chi connectivity index (χ0n) is 11.5. The summed E-state index contributed by atoms with van der Waals surface area (Å²) in [6.45, 7) is 11.8. The molecule has 4 nitrogen and oxygen atoms in total. The Hall–Kier alpha value is -2.62. The smallest absolute Gasteiger partial charge is 0.334 e. The molecule has 0 bridgehead atoms. The van der Waals surface area contributed by atoms with Crippen LogP contribution in [-0.4, -0.2) is 11.9 Å². The van der Waals surface area contributed by atoms with Gasteiger partial charge in [0, 0.05) is 11.6 Å². The molecule has 0 aliphatic carbocycles. The van der Waals surface area contributed by atoms with Crippen LogP contribution in [0.4, 0.5) is 0 Å². The molecule has 0 radical (unpaired) electrons. The first kappa shape index (κ1) is 17.4. The highest BCUT2D eigenvalue weighted by Crippen LogP contribution is 2.02. The van der Waals surface area contributed by atoms with E-state index >= 15 is 0 Å². The molecule has 20 heavy (non-hydrogen) atoms. The van der Waals surface area contributed by atoms with Crippen molar-refractivity contribution in [2.24, 2.45) is 0 Å². The summed E-state index contributed by atoms with van der Waals surface area (Å²) in [6.07, 6.45) is 2.13. The van der Waals surface area contributed by atoms with Crippen LogP contribution in [-0.2, 0) is 25.7 Å². The van der Waals surface area contributed by atoms with Crippen LogP contribution in [0.15, 0.2) is 68.0 Å². The van der Waals surface area contributed by atoms with Crippen LogP contribution >= 0.6 is 0 Å². The first-order chi connectivity index (χ1) is 9.51. The van der Waals surface area contributed by atoms with Gasteiger partial charge in [-0.15, -0.1) is 0 Å². The van der Waals surface area contributed by atoms with Gasteiger partial charge in [-0.2, -0.15) is 0 Å². The number of carbonyl (C=O) groups is 2. The van der Waals surface area contributed by atoms with Crippen LogP contribution in [0.5, 0.6) is 0 Å².